The third kappa shape index (κ3) is 9.50. The summed E-state index contributed by atoms with van der Waals surface area (Å²) in [5, 5.41) is 0. The van der Waals surface area contributed by atoms with Gasteiger partial charge in [-0.25, -0.2) is 4.98 Å². The van der Waals surface area contributed by atoms with Crippen LogP contribution < -0.4 is 4.57 Å². The van der Waals surface area contributed by atoms with Gasteiger partial charge >= 0.3 is 33.0 Å². The zero-order valence-corrected chi connectivity index (χ0v) is 14.4. The van der Waals surface area contributed by atoms with Gasteiger partial charge in [-0.3, -0.25) is 0 Å². The Morgan fingerprint density at radius 1 is 1.08 bits per heavy atom. The van der Waals surface area contributed by atoms with Crippen molar-refractivity contribution < 1.29 is 29.7 Å². The summed E-state index contributed by atoms with van der Waals surface area (Å²) in [6, 6.07) is 4.52. The van der Waals surface area contributed by atoms with Crippen LogP contribution in [0, 0.1) is 13.8 Å². The summed E-state index contributed by atoms with van der Waals surface area (Å²) in [6.07, 6.45) is 5.71. The first-order valence-corrected chi connectivity index (χ1v) is 9.22. The first kappa shape index (κ1) is 20.4. The molecule has 0 spiro atoms. The molecule has 0 bridgehead atoms. The van der Waals surface area contributed by atoms with Gasteiger partial charge in [-0.1, -0.05) is 6.92 Å². The topological polar surface area (TPSA) is 32.6 Å². The van der Waals surface area contributed by atoms with E-state index < -0.39 is 7.81 Å². The maximum atomic E-state index is 9.87. The van der Waals surface area contributed by atoms with Gasteiger partial charge in [-0.15, -0.1) is 0 Å². The number of imidazole rings is 1. The van der Waals surface area contributed by atoms with Gasteiger partial charge in [0, 0.05) is 43.8 Å². The van der Waals surface area contributed by atoms with Crippen LogP contribution >= 0.6 is 7.81 Å². The van der Waals surface area contributed by atoms with E-state index in [4.69, 9.17) is 0 Å². The van der Waals surface area contributed by atoms with Crippen molar-refractivity contribution in [2.75, 3.05) is 0 Å². The Morgan fingerprint density at radius 3 is 2.12 bits per heavy atom. The fourth-order valence-corrected chi connectivity index (χ4v) is 2.28. The van der Waals surface area contributed by atoms with E-state index in [1.165, 1.54) is 22.6 Å². The molecule has 24 heavy (non-hydrogen) atoms. The van der Waals surface area contributed by atoms with Crippen molar-refractivity contribution in [2.24, 2.45) is 0 Å². The molecular weight excluding hydrogens is 355 g/mol. The summed E-state index contributed by atoms with van der Waals surface area (Å²) in [7, 11) is -10.7. The standard InChI is InChI=1S/C14H20N3.F6P/c1-4-14-8-11(2)7-12(3)17(14)6-5-13-9-15-10-16-13;1-7(2,3,4,5)6/h7-10H,4-6H2,1-3H3,(H,15,16);/q+1;-1. The molecule has 2 rings (SSSR count). The zero-order valence-electron chi connectivity index (χ0n) is 13.5. The van der Waals surface area contributed by atoms with Crippen molar-refractivity contribution in [2.45, 2.75) is 40.2 Å². The summed E-state index contributed by atoms with van der Waals surface area (Å²) >= 11 is 0. The molecule has 2 heterocycles. The third-order valence-electron chi connectivity index (χ3n) is 3.13. The van der Waals surface area contributed by atoms with E-state index in [1.807, 2.05) is 6.20 Å². The molecule has 2 aromatic heterocycles. The number of pyridine rings is 1. The SMILES string of the molecule is CCc1cc(C)cc(C)[n+]1CCc1cnc[nH]1.F[P-](F)(F)(F)(F)F. The maximum absolute atomic E-state index is 10.7. The van der Waals surface area contributed by atoms with Crippen molar-refractivity contribution in [1.29, 1.82) is 0 Å². The Labute approximate surface area is 136 Å². The minimum atomic E-state index is -10.7. The number of aromatic amines is 1. The van der Waals surface area contributed by atoms with Crippen LogP contribution in [-0.4, -0.2) is 9.97 Å². The first-order valence-electron chi connectivity index (χ1n) is 7.19. The predicted molar refractivity (Wildman–Crippen MR) is 81.3 cm³/mol. The molecule has 0 unspecified atom stereocenters. The monoisotopic (exact) mass is 375 g/mol. The van der Waals surface area contributed by atoms with Gasteiger partial charge in [0.2, 0.25) is 0 Å². The fourth-order valence-electron chi connectivity index (χ4n) is 2.28. The van der Waals surface area contributed by atoms with Gasteiger partial charge < -0.3 is 4.98 Å². The zero-order chi connectivity index (χ0) is 18.7. The molecule has 1 N–H and O–H groups in total. The second kappa shape index (κ2) is 6.35. The Hall–Kier alpha value is -1.63. The molecule has 0 amide bonds. The molecule has 0 aromatic carbocycles. The van der Waals surface area contributed by atoms with Gasteiger partial charge in [0.1, 0.15) is 0 Å². The molecule has 0 aliphatic rings. The average molecular weight is 375 g/mol. The number of aromatic nitrogens is 3. The van der Waals surface area contributed by atoms with E-state index in [-0.39, 0.29) is 0 Å². The van der Waals surface area contributed by atoms with Gasteiger partial charge in [0.15, 0.2) is 17.9 Å². The molecule has 0 radical (unpaired) electrons. The van der Waals surface area contributed by atoms with Crippen LogP contribution in [0.2, 0.25) is 0 Å². The van der Waals surface area contributed by atoms with Crippen molar-refractivity contribution >= 4 is 7.81 Å². The summed E-state index contributed by atoms with van der Waals surface area (Å²) in [4.78, 5) is 7.20. The minimum absolute atomic E-state index is 1.00. The normalized spacial score (nSPS) is 14.4. The van der Waals surface area contributed by atoms with Crippen LogP contribution in [0.3, 0.4) is 0 Å². The van der Waals surface area contributed by atoms with E-state index >= 15 is 0 Å². The number of nitrogens with zero attached hydrogens (tertiary/aromatic N) is 2. The molecule has 0 aliphatic carbocycles. The van der Waals surface area contributed by atoms with Crippen LogP contribution in [0.5, 0.6) is 0 Å². The Kier molecular flexibility index (Phi) is 5.40. The van der Waals surface area contributed by atoms with Crippen LogP contribution in [0.4, 0.5) is 25.2 Å². The Bertz CT molecular complexity index is 669. The molecule has 2 aromatic rings. The summed E-state index contributed by atoms with van der Waals surface area (Å²) in [6.45, 7) is 7.56. The van der Waals surface area contributed by atoms with Crippen LogP contribution in [0.1, 0.15) is 29.6 Å². The van der Waals surface area contributed by atoms with E-state index in [0.717, 1.165) is 19.4 Å². The molecule has 0 saturated carbocycles. The van der Waals surface area contributed by atoms with Gasteiger partial charge in [-0.05, 0) is 12.5 Å². The number of aryl methyl sites for hydroxylation is 4. The number of hydrogen-bond donors (Lipinski definition) is 1. The van der Waals surface area contributed by atoms with E-state index in [2.05, 4.69) is 47.4 Å². The van der Waals surface area contributed by atoms with E-state index in [1.54, 1.807) is 6.33 Å². The molecule has 138 valence electrons. The second-order valence-electron chi connectivity index (χ2n) is 5.46. The molecule has 0 atom stereocenters. The van der Waals surface area contributed by atoms with Gasteiger partial charge in [0.05, 0.1) is 6.33 Å². The van der Waals surface area contributed by atoms with Crippen LogP contribution in [0.15, 0.2) is 24.7 Å². The summed E-state index contributed by atoms with van der Waals surface area (Å²) in [5.74, 6) is 0. The van der Waals surface area contributed by atoms with Gasteiger partial charge in [-0.2, -0.15) is 4.57 Å². The Balaban J connectivity index is 0.000000351. The summed E-state index contributed by atoms with van der Waals surface area (Å²) in [5.41, 5.74) is 5.28. The molecule has 10 heteroatoms. The summed E-state index contributed by atoms with van der Waals surface area (Å²) < 4.78 is 61.6. The van der Waals surface area contributed by atoms with Crippen molar-refractivity contribution in [3.8, 4) is 0 Å². The second-order valence-corrected chi connectivity index (χ2v) is 7.37. The fraction of sp³-hybridized carbons (Fsp3) is 0.429. The van der Waals surface area contributed by atoms with Crippen LogP contribution in [-0.2, 0) is 19.4 Å². The van der Waals surface area contributed by atoms with Crippen molar-refractivity contribution in [1.82, 2.24) is 9.97 Å². The van der Waals surface area contributed by atoms with Gasteiger partial charge in [0.25, 0.3) is 0 Å². The first-order chi connectivity index (χ1) is 10.7. The number of halogens is 6. The number of rotatable bonds is 4. The predicted octanol–water partition coefficient (Wildman–Crippen LogP) is 5.50. The Morgan fingerprint density at radius 2 is 1.67 bits per heavy atom. The molecular formula is C14H20F6N3P. The van der Waals surface area contributed by atoms with Crippen LogP contribution in [0.25, 0.3) is 0 Å². The molecule has 3 nitrogen and oxygen atoms in total. The average Bonchev–Trinajstić information content (AvgIpc) is 2.86. The van der Waals surface area contributed by atoms with E-state index in [0.29, 0.717) is 0 Å². The number of H-pyrrole nitrogens is 1. The van der Waals surface area contributed by atoms with E-state index in [9.17, 15) is 25.2 Å². The third-order valence-corrected chi connectivity index (χ3v) is 3.13. The molecule has 0 aliphatic heterocycles. The number of nitrogens with one attached hydrogen (secondary N) is 1. The van der Waals surface area contributed by atoms with Crippen molar-refractivity contribution in [3.05, 3.63) is 47.3 Å². The molecule has 0 fully saturated rings. The molecule has 0 saturated heterocycles. The van der Waals surface area contributed by atoms with Crippen molar-refractivity contribution in [3.63, 3.8) is 0 Å². The number of hydrogen-bond acceptors (Lipinski definition) is 1. The quantitative estimate of drug-likeness (QED) is 0.427.